The topological polar surface area (TPSA) is 104 Å². The molecule has 0 unspecified atom stereocenters. The fourth-order valence-electron chi connectivity index (χ4n) is 5.44. The average molecular weight is 766 g/mol. The quantitative estimate of drug-likeness (QED) is 0.0855. The van der Waals surface area contributed by atoms with E-state index in [9.17, 15) is 67.4 Å². The molecule has 53 heavy (non-hydrogen) atoms. The molecular weight excluding hydrogens is 738 g/mol. The van der Waals surface area contributed by atoms with Gasteiger partial charge < -0.3 is 21.5 Å². The first-order chi connectivity index (χ1) is 24.2. The molecule has 2 amide bonds. The molecule has 0 radical (unpaired) electrons. The normalized spacial score (nSPS) is 13.1. The number of hydrogen-bond donors (Lipinski definition) is 4. The summed E-state index contributed by atoms with van der Waals surface area (Å²) < 4.78 is 170. The molecule has 4 aromatic carbocycles. The minimum atomic E-state index is -6.02. The summed E-state index contributed by atoms with van der Waals surface area (Å²) in [6.45, 7) is 2.62. The van der Waals surface area contributed by atoms with Crippen LogP contribution >= 0.6 is 0 Å². The lowest BCUT2D eigenvalue weighted by Gasteiger charge is -2.38. The molecule has 18 heteroatoms. The first-order valence-corrected chi connectivity index (χ1v) is 15.0. The van der Waals surface area contributed by atoms with Gasteiger partial charge in [-0.05, 0) is 97.1 Å². The minimum absolute atomic E-state index is 0.0492. The lowest BCUT2D eigenvalue weighted by atomic mass is 9.72. The third kappa shape index (κ3) is 7.18. The molecule has 0 aliphatic heterocycles. The second-order valence-electron chi connectivity index (χ2n) is 12.2. The van der Waals surface area contributed by atoms with Gasteiger partial charge in [-0.2, -0.15) is 52.7 Å². The summed E-state index contributed by atoms with van der Waals surface area (Å²) in [5.41, 5.74) is -9.12. The lowest BCUT2D eigenvalue weighted by molar-refractivity contribution is -0.297. The Morgan fingerprint density at radius 1 is 0.547 bits per heavy atom. The van der Waals surface area contributed by atoms with Crippen LogP contribution in [0.25, 0.3) is 0 Å². The number of nitrogens with two attached hydrogens (primary N) is 1. The van der Waals surface area contributed by atoms with E-state index in [1.54, 1.807) is 0 Å². The fraction of sp³-hybridized carbons (Fsp3) is 0.257. The van der Waals surface area contributed by atoms with E-state index >= 15 is 0 Å². The van der Waals surface area contributed by atoms with Crippen LogP contribution in [0.2, 0.25) is 0 Å². The first kappa shape index (κ1) is 40.4. The SMILES string of the molecule is Cc1ccc(C(c2ccc(O)c(NC(=O)c3ccc(C(=O)Nc4cc(C(C)(C(F)(F)F)C(F)(F)F)ccc4C)cc3)c2)(C(F)(F)F)C(F)(F)F)cc1N. The van der Waals surface area contributed by atoms with Crippen LogP contribution in [0.3, 0.4) is 0 Å². The largest absolute Gasteiger partial charge is 0.506 e. The Labute approximate surface area is 292 Å². The lowest BCUT2D eigenvalue weighted by Crippen LogP contribution is -2.54. The number of nitrogens with one attached hydrogen (secondary N) is 2. The number of rotatable bonds is 7. The Kier molecular flexibility index (Phi) is 10.3. The maximum Gasteiger partial charge on any atom is 0.411 e. The molecule has 0 bridgehead atoms. The number of benzene rings is 4. The van der Waals surface area contributed by atoms with Crippen LogP contribution in [0.15, 0.2) is 78.9 Å². The molecule has 0 saturated carbocycles. The van der Waals surface area contributed by atoms with Crippen LogP contribution in [0.1, 0.15) is 55.5 Å². The number of carbonyl (C=O) groups excluding carboxylic acids is 2. The minimum Gasteiger partial charge on any atom is -0.506 e. The number of phenols is 1. The van der Waals surface area contributed by atoms with Gasteiger partial charge in [0.25, 0.3) is 11.8 Å². The van der Waals surface area contributed by atoms with E-state index < -0.39 is 81.2 Å². The molecule has 0 aliphatic rings. The number of hydrogen-bond acceptors (Lipinski definition) is 4. The van der Waals surface area contributed by atoms with Crippen molar-refractivity contribution in [3.63, 3.8) is 0 Å². The number of phenolic OH excluding ortho intramolecular Hbond substituents is 1. The van der Waals surface area contributed by atoms with Crippen molar-refractivity contribution in [1.29, 1.82) is 0 Å². The van der Waals surface area contributed by atoms with E-state index in [2.05, 4.69) is 5.32 Å². The second kappa shape index (κ2) is 13.5. The number of halogens is 12. The van der Waals surface area contributed by atoms with Gasteiger partial charge in [0.15, 0.2) is 5.41 Å². The predicted molar refractivity (Wildman–Crippen MR) is 170 cm³/mol. The molecule has 0 saturated heterocycles. The monoisotopic (exact) mass is 765 g/mol. The second-order valence-corrected chi connectivity index (χ2v) is 12.2. The summed E-state index contributed by atoms with van der Waals surface area (Å²) in [5, 5.41) is 14.5. The van der Waals surface area contributed by atoms with E-state index in [1.165, 1.54) is 13.8 Å². The summed E-state index contributed by atoms with van der Waals surface area (Å²) in [6, 6.07) is 9.35. The van der Waals surface area contributed by atoms with Gasteiger partial charge in [-0.3, -0.25) is 9.59 Å². The van der Waals surface area contributed by atoms with Crippen LogP contribution in [0.5, 0.6) is 5.75 Å². The van der Waals surface area contributed by atoms with Crippen LogP contribution < -0.4 is 16.4 Å². The maximum atomic E-state index is 14.6. The van der Waals surface area contributed by atoms with Crippen LogP contribution in [-0.4, -0.2) is 41.6 Å². The van der Waals surface area contributed by atoms with Gasteiger partial charge in [0.1, 0.15) is 5.75 Å². The molecule has 0 aliphatic carbocycles. The van der Waals surface area contributed by atoms with Crippen LogP contribution in [0.4, 0.5) is 69.7 Å². The Morgan fingerprint density at radius 3 is 1.40 bits per heavy atom. The molecule has 0 spiro atoms. The van der Waals surface area contributed by atoms with Gasteiger partial charge in [0, 0.05) is 22.5 Å². The highest BCUT2D eigenvalue weighted by Gasteiger charge is 2.73. The van der Waals surface area contributed by atoms with Crippen molar-refractivity contribution < 1.29 is 67.4 Å². The number of amides is 2. The third-order valence-electron chi connectivity index (χ3n) is 8.85. The van der Waals surface area contributed by atoms with Crippen molar-refractivity contribution in [1.82, 2.24) is 0 Å². The first-order valence-electron chi connectivity index (χ1n) is 15.0. The van der Waals surface area contributed by atoms with Gasteiger partial charge >= 0.3 is 24.7 Å². The number of alkyl halides is 12. The number of aromatic hydroxyl groups is 1. The fourth-order valence-corrected chi connectivity index (χ4v) is 5.44. The van der Waals surface area contributed by atoms with Crippen molar-refractivity contribution in [3.05, 3.63) is 118 Å². The number of anilines is 3. The highest BCUT2D eigenvalue weighted by molar-refractivity contribution is 6.07. The van der Waals surface area contributed by atoms with Crippen molar-refractivity contribution in [2.24, 2.45) is 0 Å². The summed E-state index contributed by atoms with van der Waals surface area (Å²) >= 11 is 0. The van der Waals surface area contributed by atoms with E-state index in [0.29, 0.717) is 42.5 Å². The number of nitrogen functional groups attached to an aromatic ring is 1. The van der Waals surface area contributed by atoms with Gasteiger partial charge in [-0.15, -0.1) is 0 Å². The van der Waals surface area contributed by atoms with Crippen molar-refractivity contribution in [3.8, 4) is 5.75 Å². The Hall–Kier alpha value is -5.42. The molecule has 0 atom stereocenters. The van der Waals surface area contributed by atoms with Crippen molar-refractivity contribution in [2.75, 3.05) is 16.4 Å². The Morgan fingerprint density at radius 2 is 0.943 bits per heavy atom. The van der Waals surface area contributed by atoms with E-state index in [1.807, 2.05) is 5.32 Å². The molecule has 4 aromatic rings. The van der Waals surface area contributed by atoms with Crippen molar-refractivity contribution >= 4 is 28.9 Å². The van der Waals surface area contributed by atoms with E-state index in [-0.39, 0.29) is 34.9 Å². The maximum absolute atomic E-state index is 14.6. The molecule has 4 rings (SSSR count). The molecule has 0 aromatic heterocycles. The Balaban J connectivity index is 1.64. The summed E-state index contributed by atoms with van der Waals surface area (Å²) in [6.07, 6.45) is -23.5. The van der Waals surface area contributed by atoms with E-state index in [0.717, 1.165) is 36.4 Å². The highest BCUT2D eigenvalue weighted by atomic mass is 19.4. The smallest absolute Gasteiger partial charge is 0.411 e. The standard InChI is InChI=1S/C35H27F12N3O3/c1-17-4-11-22(14-24(17)48)31(34(42,43)44,35(45,46)47)23-12-13-27(51)26(16-23)50-29(53)20-8-6-19(7-9-20)28(52)49-25-15-21(10-5-18(25)2)30(3,32(36,37)38)33(39,40)41/h4-16,51H,48H2,1-3H3,(H,49,52)(H,50,53). The third-order valence-corrected chi connectivity index (χ3v) is 8.85. The van der Waals surface area contributed by atoms with Crippen LogP contribution in [0, 0.1) is 13.8 Å². The number of carbonyl (C=O) groups is 2. The predicted octanol–water partition coefficient (Wildman–Crippen LogP) is 9.89. The Bertz CT molecular complexity index is 2010. The zero-order valence-electron chi connectivity index (χ0n) is 27.4. The molecule has 6 nitrogen and oxygen atoms in total. The molecular formula is C35H27F12N3O3. The van der Waals surface area contributed by atoms with Gasteiger partial charge in [-0.25, -0.2) is 0 Å². The van der Waals surface area contributed by atoms with Gasteiger partial charge in [0.05, 0.1) is 5.69 Å². The van der Waals surface area contributed by atoms with Gasteiger partial charge in [0.2, 0.25) is 5.41 Å². The van der Waals surface area contributed by atoms with E-state index in [4.69, 9.17) is 5.73 Å². The molecule has 284 valence electrons. The summed E-state index contributed by atoms with van der Waals surface area (Å²) in [7, 11) is 0. The highest BCUT2D eigenvalue weighted by Crippen LogP contribution is 2.57. The van der Waals surface area contributed by atoms with Crippen LogP contribution in [-0.2, 0) is 10.8 Å². The summed E-state index contributed by atoms with van der Waals surface area (Å²) in [5.74, 6) is -3.11. The molecule has 0 heterocycles. The zero-order chi connectivity index (χ0) is 40.1. The zero-order valence-corrected chi connectivity index (χ0v) is 27.4. The van der Waals surface area contributed by atoms with Crippen molar-refractivity contribution in [2.45, 2.75) is 56.3 Å². The molecule has 0 fully saturated rings. The average Bonchev–Trinajstić information content (AvgIpc) is 3.02. The summed E-state index contributed by atoms with van der Waals surface area (Å²) in [4.78, 5) is 25.9. The van der Waals surface area contributed by atoms with Gasteiger partial charge in [-0.1, -0.05) is 30.3 Å². The number of aryl methyl sites for hydroxylation is 2. The molecule has 5 N–H and O–H groups in total.